The number of ketones is 1. The molecular formula is C32H30ClN3O2. The minimum Gasteiger partial charge on any atom is -0.489 e. The van der Waals surface area contributed by atoms with Crippen LogP contribution in [0.5, 0.6) is 5.75 Å². The van der Waals surface area contributed by atoms with Crippen molar-refractivity contribution in [2.24, 2.45) is 27.3 Å². The van der Waals surface area contributed by atoms with Crippen LogP contribution in [0.1, 0.15) is 60.6 Å². The van der Waals surface area contributed by atoms with Crippen LogP contribution in [0, 0.1) is 11.3 Å². The first-order valence-corrected chi connectivity index (χ1v) is 13.4. The second kappa shape index (κ2) is 9.04. The Morgan fingerprint density at radius 2 is 1.79 bits per heavy atom. The Morgan fingerprint density at radius 1 is 1.00 bits per heavy atom. The van der Waals surface area contributed by atoms with Gasteiger partial charge in [0.25, 0.3) is 0 Å². The second-order valence-electron chi connectivity index (χ2n) is 11.3. The molecule has 38 heavy (non-hydrogen) atoms. The molecule has 3 aromatic carbocycles. The molecule has 6 rings (SSSR count). The van der Waals surface area contributed by atoms with Gasteiger partial charge in [0, 0.05) is 28.6 Å². The molecule has 5 nitrogen and oxygen atoms in total. The first kappa shape index (κ1) is 24.8. The lowest BCUT2D eigenvalue weighted by Gasteiger charge is -2.37. The maximum absolute atomic E-state index is 13.1. The Labute approximate surface area is 228 Å². The van der Waals surface area contributed by atoms with E-state index in [1.807, 2.05) is 48.7 Å². The summed E-state index contributed by atoms with van der Waals surface area (Å²) in [6.07, 6.45) is 4.93. The largest absolute Gasteiger partial charge is 0.489 e. The van der Waals surface area contributed by atoms with Gasteiger partial charge in [-0.2, -0.15) is 10.2 Å². The molecule has 2 atom stereocenters. The first-order chi connectivity index (χ1) is 18.1. The zero-order valence-corrected chi connectivity index (χ0v) is 22.5. The summed E-state index contributed by atoms with van der Waals surface area (Å²) in [7, 11) is 0. The van der Waals surface area contributed by atoms with Crippen LogP contribution in [0.15, 0.2) is 76.9 Å². The number of rotatable bonds is 1. The van der Waals surface area contributed by atoms with Crippen LogP contribution in [0.25, 0.3) is 5.57 Å². The predicted octanol–water partition coefficient (Wildman–Crippen LogP) is 6.48. The van der Waals surface area contributed by atoms with Gasteiger partial charge < -0.3 is 10.5 Å². The summed E-state index contributed by atoms with van der Waals surface area (Å²) in [5, 5.41) is 9.47. The molecule has 192 valence electrons. The first-order valence-electron chi connectivity index (χ1n) is 13.0. The second-order valence-corrected chi connectivity index (χ2v) is 11.7. The number of ether oxygens (including phenoxy) is 1. The zero-order valence-electron chi connectivity index (χ0n) is 21.8. The van der Waals surface area contributed by atoms with Gasteiger partial charge in [0.15, 0.2) is 5.78 Å². The normalized spacial score (nSPS) is 25.0. The van der Waals surface area contributed by atoms with E-state index in [1.165, 1.54) is 5.56 Å². The van der Waals surface area contributed by atoms with Crippen LogP contribution in [0.2, 0.25) is 5.02 Å². The van der Waals surface area contributed by atoms with Gasteiger partial charge in [-0.15, -0.1) is 0 Å². The third-order valence-electron chi connectivity index (χ3n) is 7.84. The minimum atomic E-state index is -1.09. The van der Waals surface area contributed by atoms with Gasteiger partial charge in [-0.3, -0.25) is 4.79 Å². The molecule has 1 unspecified atom stereocenters. The van der Waals surface area contributed by atoms with E-state index in [0.29, 0.717) is 17.2 Å². The highest BCUT2D eigenvalue weighted by atomic mass is 35.5. The molecule has 1 aliphatic carbocycles. The highest BCUT2D eigenvalue weighted by molar-refractivity contribution is 6.31. The molecule has 0 aromatic heterocycles. The SMILES string of the molecule is CC1CC(=O)/C=C2/c3cccc(c3)OCc3cc(ccc3Cl)[C@](N)(C3=NN=CC3(C)C)c3ccc(c2c3)C1. The molecule has 2 heterocycles. The monoisotopic (exact) mass is 523 g/mol. The summed E-state index contributed by atoms with van der Waals surface area (Å²) in [5.74, 6) is 1.05. The van der Waals surface area contributed by atoms with Crippen LogP contribution < -0.4 is 10.5 Å². The van der Waals surface area contributed by atoms with Crippen molar-refractivity contribution in [3.05, 3.63) is 105 Å². The number of nitrogens with two attached hydrogens (primary N) is 1. The Hall–Kier alpha value is -3.54. The fraction of sp³-hybridized carbons (Fsp3) is 0.281. The standard InChI is InChI=1S/C32H30ClN3O2/c1-19-11-21-7-8-24-15-27(21)28(16-25(37)12-19)20-5-4-6-26(14-20)38-17-22-13-23(9-10-29(22)33)32(24,34)30-31(2,3)18-35-36-30/h4-10,13-16,18-19H,11-12,17,34H2,1-3H3/b28-16-/t19?,32-/m1/s1. The van der Waals surface area contributed by atoms with Gasteiger partial charge in [0.1, 0.15) is 17.9 Å². The summed E-state index contributed by atoms with van der Waals surface area (Å²) < 4.78 is 6.22. The van der Waals surface area contributed by atoms with Crippen molar-refractivity contribution in [3.63, 3.8) is 0 Å². The molecule has 2 aliphatic heterocycles. The number of fused-ring (bicyclic) bond motifs is 6. The van der Waals surface area contributed by atoms with Gasteiger partial charge in [0.05, 0.1) is 5.71 Å². The van der Waals surface area contributed by atoms with Crippen molar-refractivity contribution in [3.8, 4) is 5.75 Å². The number of halogens is 1. The third-order valence-corrected chi connectivity index (χ3v) is 8.21. The summed E-state index contributed by atoms with van der Waals surface area (Å²) in [4.78, 5) is 13.1. The molecule has 0 amide bonds. The predicted molar refractivity (Wildman–Crippen MR) is 153 cm³/mol. The lowest BCUT2D eigenvalue weighted by atomic mass is 9.69. The molecule has 6 bridgehead atoms. The number of carbonyl (C=O) groups excluding carboxylic acids is 1. The topological polar surface area (TPSA) is 77.0 Å². The number of carbonyl (C=O) groups is 1. The molecule has 0 saturated heterocycles. The van der Waals surface area contributed by atoms with E-state index in [2.05, 4.69) is 49.2 Å². The van der Waals surface area contributed by atoms with E-state index in [4.69, 9.17) is 22.1 Å². The molecule has 0 saturated carbocycles. The van der Waals surface area contributed by atoms with E-state index < -0.39 is 11.0 Å². The molecular weight excluding hydrogens is 494 g/mol. The maximum Gasteiger partial charge on any atom is 0.156 e. The van der Waals surface area contributed by atoms with Gasteiger partial charge in [-0.05, 0) is 96.0 Å². The summed E-state index contributed by atoms with van der Waals surface area (Å²) in [5.41, 5.74) is 13.2. The minimum absolute atomic E-state index is 0.117. The van der Waals surface area contributed by atoms with Crippen molar-refractivity contribution in [2.75, 3.05) is 0 Å². The Kier molecular flexibility index (Phi) is 5.89. The molecule has 6 heteroatoms. The third kappa shape index (κ3) is 4.11. The van der Waals surface area contributed by atoms with E-state index in [9.17, 15) is 4.79 Å². The van der Waals surface area contributed by atoms with E-state index in [0.717, 1.165) is 45.5 Å². The average molecular weight is 524 g/mol. The number of benzene rings is 3. The Balaban J connectivity index is 1.69. The van der Waals surface area contributed by atoms with E-state index >= 15 is 0 Å². The van der Waals surface area contributed by atoms with Crippen molar-refractivity contribution in [1.29, 1.82) is 0 Å². The van der Waals surface area contributed by atoms with E-state index in [1.54, 1.807) is 6.08 Å². The maximum atomic E-state index is 13.1. The van der Waals surface area contributed by atoms with Crippen molar-refractivity contribution >= 4 is 34.9 Å². The summed E-state index contributed by atoms with van der Waals surface area (Å²) >= 11 is 6.63. The Bertz CT molecular complexity index is 1570. The molecule has 3 aliphatic rings. The van der Waals surface area contributed by atoms with Crippen LogP contribution in [0.4, 0.5) is 0 Å². The molecule has 0 fully saturated rings. The van der Waals surface area contributed by atoms with Crippen molar-refractivity contribution in [2.45, 2.75) is 45.8 Å². The fourth-order valence-corrected chi connectivity index (χ4v) is 6.04. The quantitative estimate of drug-likeness (QED) is 0.396. The average Bonchev–Trinajstić information content (AvgIpc) is 3.24. The zero-order chi connectivity index (χ0) is 26.7. The smallest absolute Gasteiger partial charge is 0.156 e. The number of hydrogen-bond acceptors (Lipinski definition) is 5. The highest BCUT2D eigenvalue weighted by Crippen LogP contribution is 2.42. The molecule has 0 radical (unpaired) electrons. The molecule has 3 aromatic rings. The van der Waals surface area contributed by atoms with Crippen molar-refractivity contribution in [1.82, 2.24) is 0 Å². The lowest BCUT2D eigenvalue weighted by Crippen LogP contribution is -2.51. The van der Waals surface area contributed by atoms with Crippen LogP contribution in [0.3, 0.4) is 0 Å². The summed E-state index contributed by atoms with van der Waals surface area (Å²) in [6.45, 7) is 6.54. The van der Waals surface area contributed by atoms with Gasteiger partial charge in [-0.25, -0.2) is 0 Å². The van der Waals surface area contributed by atoms with Gasteiger partial charge >= 0.3 is 0 Å². The van der Waals surface area contributed by atoms with Crippen LogP contribution in [-0.2, 0) is 23.4 Å². The summed E-state index contributed by atoms with van der Waals surface area (Å²) in [6, 6.07) is 20.1. The number of hydrogen-bond donors (Lipinski definition) is 1. The van der Waals surface area contributed by atoms with Crippen LogP contribution in [-0.4, -0.2) is 17.7 Å². The Morgan fingerprint density at radius 3 is 2.58 bits per heavy atom. The number of allylic oxidation sites excluding steroid dienone is 1. The molecule has 2 N–H and O–H groups in total. The van der Waals surface area contributed by atoms with E-state index in [-0.39, 0.29) is 18.3 Å². The lowest BCUT2D eigenvalue weighted by molar-refractivity contribution is -0.115. The fourth-order valence-electron chi connectivity index (χ4n) is 5.87. The van der Waals surface area contributed by atoms with Gasteiger partial charge in [0.2, 0.25) is 0 Å². The van der Waals surface area contributed by atoms with Crippen molar-refractivity contribution < 1.29 is 9.53 Å². The highest BCUT2D eigenvalue weighted by Gasteiger charge is 2.45. The number of nitrogens with zero attached hydrogens (tertiary/aromatic N) is 2. The van der Waals surface area contributed by atoms with Gasteiger partial charge in [-0.1, -0.05) is 48.9 Å². The van der Waals surface area contributed by atoms with Crippen LogP contribution >= 0.6 is 11.6 Å². The molecule has 0 spiro atoms.